The van der Waals surface area contributed by atoms with Gasteiger partial charge in [0, 0.05) is 29.9 Å². The first-order chi connectivity index (χ1) is 13.3. The predicted octanol–water partition coefficient (Wildman–Crippen LogP) is 5.08. The number of nitriles is 1. The van der Waals surface area contributed by atoms with E-state index in [-0.39, 0.29) is 0 Å². The van der Waals surface area contributed by atoms with Crippen molar-refractivity contribution in [2.75, 3.05) is 0 Å². The van der Waals surface area contributed by atoms with Crippen LogP contribution >= 0.6 is 0 Å². The number of allylic oxidation sites excluding steroid dienone is 1. The van der Waals surface area contributed by atoms with Gasteiger partial charge in [-0.15, -0.1) is 0 Å². The summed E-state index contributed by atoms with van der Waals surface area (Å²) < 4.78 is 42.5. The number of benzene rings is 1. The molecule has 0 bridgehead atoms. The normalized spacial score (nSPS) is 20.6. The van der Waals surface area contributed by atoms with Crippen LogP contribution in [0.5, 0.6) is 0 Å². The molecule has 4 nitrogen and oxygen atoms in total. The SMILES string of the molecule is Cc1ccc2c(c1)c(C#N)c(C1N=CC=CN1[C@@H](C)C(F)(F)F)n2CC1CC1. The minimum absolute atomic E-state index is 0.413. The molecule has 1 aromatic carbocycles. The summed E-state index contributed by atoms with van der Waals surface area (Å²) in [7, 11) is 0. The third-order valence-electron chi connectivity index (χ3n) is 5.53. The van der Waals surface area contributed by atoms with Gasteiger partial charge in [0.05, 0.1) is 11.3 Å². The van der Waals surface area contributed by atoms with Crippen LogP contribution in [0.2, 0.25) is 0 Å². The highest BCUT2D eigenvalue weighted by Crippen LogP contribution is 2.41. The van der Waals surface area contributed by atoms with Crippen LogP contribution < -0.4 is 0 Å². The molecule has 4 rings (SSSR count). The number of aliphatic imine (C=N–C) groups is 1. The van der Waals surface area contributed by atoms with Crippen LogP contribution in [0.4, 0.5) is 13.2 Å². The second-order valence-electron chi connectivity index (χ2n) is 7.62. The summed E-state index contributed by atoms with van der Waals surface area (Å²) in [5, 5.41) is 10.7. The van der Waals surface area contributed by atoms with Crippen molar-refractivity contribution < 1.29 is 13.2 Å². The van der Waals surface area contributed by atoms with Crippen LogP contribution in [-0.4, -0.2) is 27.9 Å². The number of fused-ring (bicyclic) bond motifs is 1. The van der Waals surface area contributed by atoms with Crippen LogP contribution in [0.15, 0.2) is 35.5 Å². The highest BCUT2D eigenvalue weighted by atomic mass is 19.4. The summed E-state index contributed by atoms with van der Waals surface area (Å²) in [5.41, 5.74) is 2.85. The Morgan fingerprint density at radius 2 is 2.07 bits per heavy atom. The predicted molar refractivity (Wildman–Crippen MR) is 102 cm³/mol. The van der Waals surface area contributed by atoms with Gasteiger partial charge in [-0.3, -0.25) is 4.99 Å². The Balaban J connectivity index is 1.92. The molecule has 7 heteroatoms. The smallest absolute Gasteiger partial charge is 0.340 e. The summed E-state index contributed by atoms with van der Waals surface area (Å²) in [6, 6.07) is 6.39. The zero-order valence-electron chi connectivity index (χ0n) is 15.7. The van der Waals surface area contributed by atoms with E-state index in [0.717, 1.165) is 36.2 Å². The molecule has 0 radical (unpaired) electrons. The number of hydrogen-bond donors (Lipinski definition) is 0. The second-order valence-corrected chi connectivity index (χ2v) is 7.62. The third kappa shape index (κ3) is 3.17. The number of aromatic nitrogens is 1. The van der Waals surface area contributed by atoms with Gasteiger partial charge in [0.2, 0.25) is 0 Å². The van der Waals surface area contributed by atoms with Gasteiger partial charge in [0.1, 0.15) is 12.1 Å². The van der Waals surface area contributed by atoms with E-state index in [0.29, 0.717) is 23.7 Å². The summed E-state index contributed by atoms with van der Waals surface area (Å²) in [4.78, 5) is 5.57. The highest BCUT2D eigenvalue weighted by molar-refractivity contribution is 5.89. The molecule has 1 aliphatic heterocycles. The van der Waals surface area contributed by atoms with E-state index < -0.39 is 18.4 Å². The van der Waals surface area contributed by atoms with Crippen molar-refractivity contribution in [3.8, 4) is 6.07 Å². The monoisotopic (exact) mass is 386 g/mol. The number of nitrogens with zero attached hydrogens (tertiary/aromatic N) is 4. The van der Waals surface area contributed by atoms with Gasteiger partial charge >= 0.3 is 6.18 Å². The van der Waals surface area contributed by atoms with E-state index in [9.17, 15) is 18.4 Å². The Bertz CT molecular complexity index is 1010. The van der Waals surface area contributed by atoms with Crippen molar-refractivity contribution in [1.29, 1.82) is 5.26 Å². The molecular weight excluding hydrogens is 365 g/mol. The van der Waals surface area contributed by atoms with Gasteiger partial charge in [0.15, 0.2) is 6.17 Å². The average molecular weight is 386 g/mol. The molecular formula is C21H21F3N4. The summed E-state index contributed by atoms with van der Waals surface area (Å²) in [6.45, 7) is 3.76. The summed E-state index contributed by atoms with van der Waals surface area (Å²) >= 11 is 0. The van der Waals surface area contributed by atoms with Crippen LogP contribution in [0.1, 0.15) is 42.8 Å². The van der Waals surface area contributed by atoms with Gasteiger partial charge in [-0.05, 0) is 50.8 Å². The van der Waals surface area contributed by atoms with E-state index in [4.69, 9.17) is 0 Å². The van der Waals surface area contributed by atoms with Crippen molar-refractivity contribution >= 4 is 17.1 Å². The minimum Gasteiger partial charge on any atom is -0.340 e. The largest absolute Gasteiger partial charge is 0.408 e. The van der Waals surface area contributed by atoms with E-state index >= 15 is 0 Å². The highest BCUT2D eigenvalue weighted by Gasteiger charge is 2.43. The molecule has 28 heavy (non-hydrogen) atoms. The molecule has 1 fully saturated rings. The van der Waals surface area contributed by atoms with Gasteiger partial charge in [-0.1, -0.05) is 11.6 Å². The van der Waals surface area contributed by atoms with Crippen molar-refractivity contribution in [2.24, 2.45) is 10.9 Å². The molecule has 1 aromatic heterocycles. The lowest BCUT2D eigenvalue weighted by atomic mass is 10.1. The molecule has 1 aliphatic carbocycles. The average Bonchev–Trinajstić information content (AvgIpc) is 3.42. The molecule has 2 heterocycles. The Labute approximate surface area is 161 Å². The molecule has 0 N–H and O–H groups in total. The van der Waals surface area contributed by atoms with Gasteiger partial charge in [0.25, 0.3) is 0 Å². The number of alkyl halides is 3. The van der Waals surface area contributed by atoms with Gasteiger partial charge in [-0.25, -0.2) is 0 Å². The van der Waals surface area contributed by atoms with E-state index in [2.05, 4.69) is 11.1 Å². The van der Waals surface area contributed by atoms with E-state index in [1.807, 2.05) is 29.7 Å². The number of halogens is 3. The van der Waals surface area contributed by atoms with Crippen molar-refractivity contribution in [2.45, 2.75) is 51.6 Å². The van der Waals surface area contributed by atoms with Gasteiger partial charge in [-0.2, -0.15) is 18.4 Å². The molecule has 146 valence electrons. The molecule has 0 spiro atoms. The lowest BCUT2D eigenvalue weighted by Crippen LogP contribution is -2.43. The van der Waals surface area contributed by atoms with Crippen LogP contribution in [0.25, 0.3) is 10.9 Å². The Morgan fingerprint density at radius 3 is 2.71 bits per heavy atom. The second kappa shape index (κ2) is 6.69. The number of hydrogen-bond acceptors (Lipinski definition) is 3. The van der Waals surface area contributed by atoms with Crippen LogP contribution in [0.3, 0.4) is 0 Å². The topological polar surface area (TPSA) is 44.3 Å². The first kappa shape index (κ1) is 18.6. The number of aryl methyl sites for hydroxylation is 1. The zero-order valence-corrected chi connectivity index (χ0v) is 15.7. The fourth-order valence-electron chi connectivity index (χ4n) is 3.78. The molecule has 2 atom stereocenters. The Hall–Kier alpha value is -2.75. The lowest BCUT2D eigenvalue weighted by Gasteiger charge is -2.36. The van der Waals surface area contributed by atoms with E-state index in [1.54, 1.807) is 0 Å². The molecule has 1 unspecified atom stereocenters. The molecule has 0 amide bonds. The Kier molecular flexibility index (Phi) is 4.45. The fourth-order valence-corrected chi connectivity index (χ4v) is 3.78. The fraction of sp³-hybridized carbons (Fsp3) is 0.429. The Morgan fingerprint density at radius 1 is 1.32 bits per heavy atom. The van der Waals surface area contributed by atoms with Crippen LogP contribution in [0, 0.1) is 24.2 Å². The first-order valence-electron chi connectivity index (χ1n) is 9.38. The maximum Gasteiger partial charge on any atom is 0.408 e. The maximum absolute atomic E-state index is 13.5. The minimum atomic E-state index is -4.40. The molecule has 2 aliphatic rings. The van der Waals surface area contributed by atoms with E-state index in [1.165, 1.54) is 23.4 Å². The molecule has 1 saturated carbocycles. The quantitative estimate of drug-likeness (QED) is 0.735. The number of rotatable bonds is 4. The summed E-state index contributed by atoms with van der Waals surface area (Å²) in [6.07, 6.45) is 1.35. The first-order valence-corrected chi connectivity index (χ1v) is 9.38. The van der Waals surface area contributed by atoms with Crippen molar-refractivity contribution in [1.82, 2.24) is 9.47 Å². The molecule has 0 saturated heterocycles. The maximum atomic E-state index is 13.5. The third-order valence-corrected chi connectivity index (χ3v) is 5.53. The van der Waals surface area contributed by atoms with Crippen molar-refractivity contribution in [3.63, 3.8) is 0 Å². The van der Waals surface area contributed by atoms with Crippen molar-refractivity contribution in [3.05, 3.63) is 47.3 Å². The molecule has 2 aromatic rings. The lowest BCUT2D eigenvalue weighted by molar-refractivity contribution is -0.177. The van der Waals surface area contributed by atoms with Crippen LogP contribution in [-0.2, 0) is 6.54 Å². The van der Waals surface area contributed by atoms with Gasteiger partial charge < -0.3 is 9.47 Å². The summed E-state index contributed by atoms with van der Waals surface area (Å²) in [5.74, 6) is 0.499. The zero-order chi connectivity index (χ0) is 20.1. The standard InChI is InChI=1S/C21H21F3N4/c1-13-4-7-18-16(10-13)17(11-25)19(28(18)12-15-5-6-15)20-26-8-3-9-27(20)14(2)21(22,23)24/h3-4,7-10,14-15,20H,5-6,12H2,1-2H3/t14-,20?/m0/s1.